The van der Waals surface area contributed by atoms with Crippen LogP contribution in [0, 0.1) is 10.1 Å². The van der Waals surface area contributed by atoms with E-state index < -0.39 is 16.4 Å². The van der Waals surface area contributed by atoms with Crippen LogP contribution in [0.4, 0.5) is 11.5 Å². The van der Waals surface area contributed by atoms with Gasteiger partial charge in [-0.15, -0.1) is 0 Å². The van der Waals surface area contributed by atoms with E-state index >= 15 is 0 Å². The summed E-state index contributed by atoms with van der Waals surface area (Å²) in [6.45, 7) is 2.13. The second-order valence-electron chi connectivity index (χ2n) is 4.90. The Morgan fingerprint density at radius 1 is 1.62 bits per heavy atom. The molecule has 1 aliphatic rings. The van der Waals surface area contributed by atoms with Crippen LogP contribution < -0.4 is 4.90 Å². The minimum Gasteiger partial charge on any atom is -0.479 e. The highest BCUT2D eigenvalue weighted by Gasteiger charge is 2.47. The molecule has 0 saturated carbocycles. The van der Waals surface area contributed by atoms with E-state index in [1.54, 1.807) is 6.92 Å². The van der Waals surface area contributed by atoms with Gasteiger partial charge in [0.15, 0.2) is 0 Å². The molecule has 0 bridgehead atoms. The third-order valence-corrected chi connectivity index (χ3v) is 4.08. The van der Waals surface area contributed by atoms with Gasteiger partial charge in [0.1, 0.15) is 11.7 Å². The van der Waals surface area contributed by atoms with Crippen LogP contribution in [-0.4, -0.2) is 38.1 Å². The Hall–Kier alpha value is -1.96. The van der Waals surface area contributed by atoms with Crippen LogP contribution in [0.2, 0.25) is 5.28 Å². The van der Waals surface area contributed by atoms with Gasteiger partial charge in [0.25, 0.3) is 0 Å². The van der Waals surface area contributed by atoms with Crippen LogP contribution in [0.3, 0.4) is 0 Å². The van der Waals surface area contributed by atoms with Crippen molar-refractivity contribution in [1.82, 2.24) is 9.97 Å². The molecule has 1 atom stereocenters. The lowest BCUT2D eigenvalue weighted by molar-refractivity contribution is -0.384. The molecule has 1 fully saturated rings. The first-order chi connectivity index (χ1) is 9.92. The van der Waals surface area contributed by atoms with Crippen molar-refractivity contribution in [3.05, 3.63) is 21.6 Å². The van der Waals surface area contributed by atoms with Gasteiger partial charge in [0.05, 0.1) is 4.92 Å². The largest absolute Gasteiger partial charge is 0.479 e. The summed E-state index contributed by atoms with van der Waals surface area (Å²) < 4.78 is 0. The highest BCUT2D eigenvalue weighted by molar-refractivity contribution is 6.28. The maximum absolute atomic E-state index is 11.8. The monoisotopic (exact) mass is 314 g/mol. The minimum atomic E-state index is -1.19. The molecule has 0 amide bonds. The summed E-state index contributed by atoms with van der Waals surface area (Å²) in [6, 6.07) is 0. The topological polar surface area (TPSA) is 109 Å². The molecule has 8 nitrogen and oxygen atoms in total. The summed E-state index contributed by atoms with van der Waals surface area (Å²) >= 11 is 5.74. The Balaban J connectivity index is 2.59. The number of aliphatic carboxylic acids is 1. The standard InChI is InChI=1S/C12H15ClN4O4/c1-2-12(10(18)19)5-3-4-6-16(12)9-8(17(20)21)7-14-11(13)15-9/h7H,2-6H2,1H3,(H,18,19). The summed E-state index contributed by atoms with van der Waals surface area (Å²) in [5, 5.41) is 20.6. The van der Waals surface area contributed by atoms with Crippen molar-refractivity contribution < 1.29 is 14.8 Å². The average Bonchev–Trinajstić information content (AvgIpc) is 2.46. The fourth-order valence-electron chi connectivity index (χ4n) is 2.76. The molecule has 2 heterocycles. The first-order valence-corrected chi connectivity index (χ1v) is 6.98. The first-order valence-electron chi connectivity index (χ1n) is 6.60. The number of halogens is 1. The molecule has 0 spiro atoms. The van der Waals surface area contributed by atoms with E-state index in [0.29, 0.717) is 19.4 Å². The Labute approximate surface area is 125 Å². The number of carbonyl (C=O) groups is 1. The Kier molecular flexibility index (Phi) is 4.26. The number of rotatable bonds is 4. The molecule has 1 aliphatic heterocycles. The van der Waals surface area contributed by atoms with E-state index in [2.05, 4.69) is 9.97 Å². The van der Waals surface area contributed by atoms with E-state index in [4.69, 9.17) is 11.6 Å². The summed E-state index contributed by atoms with van der Waals surface area (Å²) in [4.78, 5) is 31.3. The second-order valence-corrected chi connectivity index (χ2v) is 5.24. The van der Waals surface area contributed by atoms with Gasteiger partial charge in [0.2, 0.25) is 11.1 Å². The van der Waals surface area contributed by atoms with Crippen molar-refractivity contribution >= 4 is 29.1 Å². The molecule has 0 radical (unpaired) electrons. The van der Waals surface area contributed by atoms with Gasteiger partial charge in [-0.1, -0.05) is 6.92 Å². The molecule has 1 N–H and O–H groups in total. The van der Waals surface area contributed by atoms with Gasteiger partial charge in [-0.2, -0.15) is 4.98 Å². The number of hydrogen-bond donors (Lipinski definition) is 1. The average molecular weight is 315 g/mol. The fraction of sp³-hybridized carbons (Fsp3) is 0.583. The van der Waals surface area contributed by atoms with E-state index in [0.717, 1.165) is 19.0 Å². The minimum absolute atomic E-state index is 0.0241. The Morgan fingerprint density at radius 3 is 2.90 bits per heavy atom. The van der Waals surface area contributed by atoms with Crippen LogP contribution in [0.1, 0.15) is 32.6 Å². The summed E-state index contributed by atoms with van der Waals surface area (Å²) in [6.07, 6.45) is 3.25. The molecular weight excluding hydrogens is 300 g/mol. The Morgan fingerprint density at radius 2 is 2.33 bits per heavy atom. The van der Waals surface area contributed by atoms with Crippen molar-refractivity contribution in [2.75, 3.05) is 11.4 Å². The van der Waals surface area contributed by atoms with Crippen LogP contribution in [0.15, 0.2) is 6.20 Å². The molecule has 1 aromatic heterocycles. The van der Waals surface area contributed by atoms with Crippen molar-refractivity contribution in [1.29, 1.82) is 0 Å². The number of aromatic nitrogens is 2. The fourth-order valence-corrected chi connectivity index (χ4v) is 2.89. The van der Waals surface area contributed by atoms with Gasteiger partial charge in [0, 0.05) is 6.54 Å². The zero-order valence-corrected chi connectivity index (χ0v) is 12.2. The van der Waals surface area contributed by atoms with Crippen LogP contribution in [-0.2, 0) is 4.79 Å². The predicted octanol–water partition coefficient (Wildman–Crippen LogP) is 2.26. The zero-order valence-electron chi connectivity index (χ0n) is 11.5. The third kappa shape index (κ3) is 2.63. The number of carboxylic acids is 1. The second kappa shape index (κ2) is 5.80. The van der Waals surface area contributed by atoms with Gasteiger partial charge >= 0.3 is 11.7 Å². The summed E-state index contributed by atoms with van der Waals surface area (Å²) in [5.74, 6) is -1.03. The molecule has 1 aromatic rings. The molecule has 1 saturated heterocycles. The smallest absolute Gasteiger partial charge is 0.329 e. The van der Waals surface area contributed by atoms with Gasteiger partial charge in [-0.3, -0.25) is 10.1 Å². The lowest BCUT2D eigenvalue weighted by atomic mass is 9.84. The number of piperidine rings is 1. The molecule has 1 unspecified atom stereocenters. The lowest BCUT2D eigenvalue weighted by Crippen LogP contribution is -2.57. The molecule has 0 aliphatic carbocycles. The third-order valence-electron chi connectivity index (χ3n) is 3.89. The van der Waals surface area contributed by atoms with E-state index in [1.165, 1.54) is 4.90 Å². The van der Waals surface area contributed by atoms with Gasteiger partial charge in [-0.25, -0.2) is 9.78 Å². The van der Waals surface area contributed by atoms with E-state index in [-0.39, 0.29) is 16.8 Å². The normalized spacial score (nSPS) is 22.1. The molecule has 2 rings (SSSR count). The molecule has 21 heavy (non-hydrogen) atoms. The van der Waals surface area contributed by atoms with E-state index in [1.807, 2.05) is 0 Å². The van der Waals surface area contributed by atoms with Gasteiger partial charge in [-0.05, 0) is 37.3 Å². The van der Waals surface area contributed by atoms with Crippen LogP contribution in [0.5, 0.6) is 0 Å². The molecule has 114 valence electrons. The number of nitro groups is 1. The number of hydrogen-bond acceptors (Lipinski definition) is 6. The maximum Gasteiger partial charge on any atom is 0.329 e. The first kappa shape index (κ1) is 15.4. The van der Waals surface area contributed by atoms with Crippen molar-refractivity contribution in [3.63, 3.8) is 0 Å². The number of anilines is 1. The number of nitrogens with zero attached hydrogens (tertiary/aromatic N) is 4. The highest BCUT2D eigenvalue weighted by Crippen LogP contribution is 2.38. The zero-order chi connectivity index (χ0) is 15.6. The number of carboxylic acid groups (broad SMARTS) is 1. The SMILES string of the molecule is CCC1(C(=O)O)CCCCN1c1nc(Cl)ncc1[N+](=O)[O-]. The highest BCUT2D eigenvalue weighted by atomic mass is 35.5. The van der Waals surface area contributed by atoms with E-state index in [9.17, 15) is 20.0 Å². The molecule has 0 aromatic carbocycles. The van der Waals surface area contributed by atoms with Crippen molar-refractivity contribution in [2.24, 2.45) is 0 Å². The lowest BCUT2D eigenvalue weighted by Gasteiger charge is -2.43. The quantitative estimate of drug-likeness (QED) is 0.515. The van der Waals surface area contributed by atoms with Crippen LogP contribution >= 0.6 is 11.6 Å². The molecule has 9 heteroatoms. The maximum atomic E-state index is 11.8. The summed E-state index contributed by atoms with van der Waals surface area (Å²) in [7, 11) is 0. The van der Waals surface area contributed by atoms with Crippen molar-refractivity contribution in [2.45, 2.75) is 38.1 Å². The van der Waals surface area contributed by atoms with Crippen molar-refractivity contribution in [3.8, 4) is 0 Å². The molecular formula is C12H15ClN4O4. The Bertz CT molecular complexity index is 582. The van der Waals surface area contributed by atoms with Crippen LogP contribution in [0.25, 0.3) is 0 Å². The summed E-state index contributed by atoms with van der Waals surface area (Å²) in [5.41, 5.74) is -1.53. The van der Waals surface area contributed by atoms with Gasteiger partial charge < -0.3 is 10.0 Å². The predicted molar refractivity (Wildman–Crippen MR) is 75.6 cm³/mol.